The molecule has 1 heterocycles. The number of methoxy groups -OCH3 is 1. The van der Waals surface area contributed by atoms with E-state index in [2.05, 4.69) is 21.6 Å². The molecule has 74 valence electrons. The molecule has 3 nitrogen and oxygen atoms in total. The van der Waals surface area contributed by atoms with E-state index >= 15 is 0 Å². The van der Waals surface area contributed by atoms with Crippen molar-refractivity contribution < 1.29 is 9.53 Å². The number of hydrogen-bond acceptors (Lipinski definition) is 4. The molecule has 0 amide bonds. The average Bonchev–Trinajstić information content (AvgIpc) is 2.66. The molecule has 0 N–H and O–H groups in total. The number of hydrogen-bond donors (Lipinski definition) is 0. The van der Waals surface area contributed by atoms with Gasteiger partial charge in [-0.3, -0.25) is 0 Å². The Kier molecular flexibility index (Phi) is 4.44. The highest BCUT2D eigenvalue weighted by Gasteiger charge is 2.08. The van der Waals surface area contributed by atoms with Gasteiger partial charge in [-0.15, -0.1) is 22.9 Å². The minimum absolute atomic E-state index is 0.299. The summed E-state index contributed by atoms with van der Waals surface area (Å²) in [7, 11) is 1.32. The van der Waals surface area contributed by atoms with E-state index in [9.17, 15) is 4.79 Å². The molecule has 1 aromatic rings. The Morgan fingerprint density at radius 2 is 2.57 bits per heavy atom. The van der Waals surface area contributed by atoms with Gasteiger partial charge in [-0.25, -0.2) is 9.78 Å². The lowest BCUT2D eigenvalue weighted by molar-refractivity contribution is 0.0595. The first-order valence-corrected chi connectivity index (χ1v) is 5.28. The van der Waals surface area contributed by atoms with Gasteiger partial charge in [0.2, 0.25) is 0 Å². The number of esters is 1. The molecule has 0 saturated heterocycles. The van der Waals surface area contributed by atoms with Crippen LogP contribution in [0.4, 0.5) is 0 Å². The number of thiazole rings is 1. The van der Waals surface area contributed by atoms with Crippen molar-refractivity contribution in [1.29, 1.82) is 0 Å². The molecule has 1 rings (SSSR count). The summed E-state index contributed by atoms with van der Waals surface area (Å²) in [5.41, 5.74) is 0.299. The Labute approximate surface area is 91.1 Å². The van der Waals surface area contributed by atoms with E-state index in [0.29, 0.717) is 23.0 Å². The third-order valence-corrected chi connectivity index (χ3v) is 2.26. The Bertz CT molecular complexity index is 378. The van der Waals surface area contributed by atoms with Gasteiger partial charge in [0.1, 0.15) is 0 Å². The van der Waals surface area contributed by atoms with Crippen molar-refractivity contribution in [2.45, 2.75) is 6.42 Å². The monoisotopic (exact) mass is 229 g/mol. The predicted molar refractivity (Wildman–Crippen MR) is 55.7 cm³/mol. The molecule has 0 aliphatic heterocycles. The number of halogens is 1. The van der Waals surface area contributed by atoms with Crippen LogP contribution in [0, 0.1) is 11.8 Å². The predicted octanol–water partition coefficient (Wildman–Crippen LogP) is 1.91. The maximum absolute atomic E-state index is 11.0. The molecular formula is C9H8ClNO2S. The highest BCUT2D eigenvalue weighted by molar-refractivity contribution is 7.10. The van der Waals surface area contributed by atoms with E-state index in [1.165, 1.54) is 18.4 Å². The second-order valence-corrected chi connectivity index (χ2v) is 3.51. The summed E-state index contributed by atoms with van der Waals surface area (Å²) in [6, 6.07) is 0. The van der Waals surface area contributed by atoms with Gasteiger partial charge >= 0.3 is 5.97 Å². The summed E-state index contributed by atoms with van der Waals surface area (Å²) >= 11 is 6.77. The van der Waals surface area contributed by atoms with Gasteiger partial charge in [0.05, 0.1) is 7.11 Å². The first kappa shape index (κ1) is 11.0. The Morgan fingerprint density at radius 3 is 3.21 bits per heavy atom. The number of aromatic nitrogens is 1. The fourth-order valence-electron chi connectivity index (χ4n) is 0.715. The van der Waals surface area contributed by atoms with Crippen molar-refractivity contribution in [2.75, 3.05) is 13.0 Å². The van der Waals surface area contributed by atoms with E-state index in [4.69, 9.17) is 11.6 Å². The zero-order chi connectivity index (χ0) is 10.4. The standard InChI is InChI=1S/C9H8ClNO2S/c1-13-9(12)7-6-14-8(11-7)4-2-3-5-10/h6H,3,5H2,1H3. The lowest BCUT2D eigenvalue weighted by Crippen LogP contribution is -2.00. The number of nitrogens with zero attached hydrogens (tertiary/aromatic N) is 1. The summed E-state index contributed by atoms with van der Waals surface area (Å²) in [4.78, 5) is 15.0. The van der Waals surface area contributed by atoms with Crippen LogP contribution in [0.25, 0.3) is 0 Å². The third kappa shape index (κ3) is 3.02. The van der Waals surface area contributed by atoms with Crippen LogP contribution in [0.3, 0.4) is 0 Å². The molecule has 0 aliphatic carbocycles. The zero-order valence-corrected chi connectivity index (χ0v) is 9.11. The summed E-state index contributed by atoms with van der Waals surface area (Å²) in [6.07, 6.45) is 0.620. The first-order chi connectivity index (χ1) is 6.77. The number of alkyl halides is 1. The summed E-state index contributed by atoms with van der Waals surface area (Å²) < 4.78 is 4.51. The van der Waals surface area contributed by atoms with Crippen LogP contribution in [-0.2, 0) is 4.74 Å². The molecule has 0 fully saturated rings. The van der Waals surface area contributed by atoms with Gasteiger partial charge in [-0.1, -0.05) is 5.92 Å². The summed E-state index contributed by atoms with van der Waals surface area (Å²) in [5.74, 6) is 5.71. The molecule has 0 aliphatic rings. The molecular weight excluding hydrogens is 222 g/mol. The molecule has 0 spiro atoms. The fraction of sp³-hybridized carbons (Fsp3) is 0.333. The average molecular weight is 230 g/mol. The highest BCUT2D eigenvalue weighted by Crippen LogP contribution is 2.09. The van der Waals surface area contributed by atoms with Gasteiger partial charge < -0.3 is 4.74 Å². The van der Waals surface area contributed by atoms with Gasteiger partial charge in [0, 0.05) is 17.7 Å². The fourth-order valence-corrected chi connectivity index (χ4v) is 1.46. The molecule has 0 atom stereocenters. The quantitative estimate of drug-likeness (QED) is 0.442. The smallest absolute Gasteiger partial charge is 0.357 e. The van der Waals surface area contributed by atoms with Crippen LogP contribution >= 0.6 is 22.9 Å². The summed E-state index contributed by atoms with van der Waals surface area (Å²) in [5, 5.41) is 2.23. The van der Waals surface area contributed by atoms with Crippen LogP contribution in [0.5, 0.6) is 0 Å². The van der Waals surface area contributed by atoms with E-state index in [1.54, 1.807) is 5.38 Å². The second kappa shape index (κ2) is 5.63. The van der Waals surface area contributed by atoms with Gasteiger partial charge in [0.15, 0.2) is 10.7 Å². The molecule has 0 unspecified atom stereocenters. The Hall–Kier alpha value is -1.05. The lowest BCUT2D eigenvalue weighted by atomic mass is 10.4. The van der Waals surface area contributed by atoms with Crippen LogP contribution in [0.2, 0.25) is 0 Å². The highest BCUT2D eigenvalue weighted by atomic mass is 35.5. The van der Waals surface area contributed by atoms with Crippen LogP contribution in [-0.4, -0.2) is 23.9 Å². The molecule has 0 radical (unpaired) electrons. The van der Waals surface area contributed by atoms with Crippen LogP contribution in [0.15, 0.2) is 5.38 Å². The van der Waals surface area contributed by atoms with Gasteiger partial charge in [-0.05, 0) is 5.92 Å². The minimum atomic E-state index is -0.438. The normalized spacial score (nSPS) is 9.00. The topological polar surface area (TPSA) is 39.2 Å². The number of ether oxygens (including phenoxy) is 1. The van der Waals surface area contributed by atoms with E-state index < -0.39 is 5.97 Å². The van der Waals surface area contributed by atoms with Gasteiger partial charge in [-0.2, -0.15) is 0 Å². The van der Waals surface area contributed by atoms with Gasteiger partial charge in [0.25, 0.3) is 0 Å². The number of carbonyl (C=O) groups is 1. The van der Waals surface area contributed by atoms with Crippen LogP contribution < -0.4 is 0 Å². The molecule has 14 heavy (non-hydrogen) atoms. The van der Waals surface area contributed by atoms with Crippen molar-refractivity contribution in [3.8, 4) is 11.8 Å². The second-order valence-electron chi connectivity index (χ2n) is 2.27. The van der Waals surface area contributed by atoms with Crippen molar-refractivity contribution in [3.05, 3.63) is 16.1 Å². The molecule has 0 saturated carbocycles. The SMILES string of the molecule is COC(=O)c1csc(C#CCCCl)n1. The molecule has 1 aromatic heterocycles. The van der Waals surface area contributed by atoms with Crippen molar-refractivity contribution in [2.24, 2.45) is 0 Å². The van der Waals surface area contributed by atoms with E-state index in [0.717, 1.165) is 0 Å². The Balaban J connectivity index is 2.70. The van der Waals surface area contributed by atoms with Crippen molar-refractivity contribution >= 4 is 28.9 Å². The Morgan fingerprint density at radius 1 is 1.79 bits per heavy atom. The van der Waals surface area contributed by atoms with E-state index in [-0.39, 0.29) is 0 Å². The molecule has 0 bridgehead atoms. The van der Waals surface area contributed by atoms with Crippen molar-refractivity contribution in [1.82, 2.24) is 4.98 Å². The molecule has 5 heteroatoms. The molecule has 0 aromatic carbocycles. The lowest BCUT2D eigenvalue weighted by Gasteiger charge is -1.89. The van der Waals surface area contributed by atoms with Crippen LogP contribution in [0.1, 0.15) is 21.9 Å². The zero-order valence-electron chi connectivity index (χ0n) is 7.54. The van der Waals surface area contributed by atoms with E-state index in [1.807, 2.05) is 0 Å². The summed E-state index contributed by atoms with van der Waals surface area (Å²) in [6.45, 7) is 0. The third-order valence-electron chi connectivity index (χ3n) is 1.31. The maximum Gasteiger partial charge on any atom is 0.357 e. The number of carbonyl (C=O) groups excluding carboxylic acids is 1. The largest absolute Gasteiger partial charge is 0.464 e. The van der Waals surface area contributed by atoms with Crippen molar-refractivity contribution in [3.63, 3.8) is 0 Å². The maximum atomic E-state index is 11.0. The minimum Gasteiger partial charge on any atom is -0.464 e. The number of rotatable bonds is 2. The first-order valence-electron chi connectivity index (χ1n) is 3.86.